The zero-order valence-electron chi connectivity index (χ0n) is 18.1. The van der Waals surface area contributed by atoms with Crippen LogP contribution in [0.3, 0.4) is 0 Å². The summed E-state index contributed by atoms with van der Waals surface area (Å²) >= 11 is 0. The summed E-state index contributed by atoms with van der Waals surface area (Å²) in [5.41, 5.74) is 5.19. The summed E-state index contributed by atoms with van der Waals surface area (Å²) in [6, 6.07) is 10.4. The topological polar surface area (TPSA) is 58.4 Å². The minimum atomic E-state index is 0.0772. The molecule has 0 radical (unpaired) electrons. The molecule has 1 aromatic heterocycles. The predicted octanol–water partition coefficient (Wildman–Crippen LogP) is 6.02. The standard InChI is InChI=1S/C26H29N3O2/c1-16-11-13-29(14-12-16)21-15-20(27-17-7-3-2-4-8-17)22-23-24(21)28-31-26(23)19-10-6-5-9-18(19)25(22)30/h5-6,9-10,15-17,27H,2-4,7-8,11-14H2,1H3. The highest BCUT2D eigenvalue weighted by Gasteiger charge is 2.34. The van der Waals surface area contributed by atoms with Gasteiger partial charge < -0.3 is 14.7 Å². The zero-order chi connectivity index (χ0) is 20.9. The average molecular weight is 416 g/mol. The van der Waals surface area contributed by atoms with E-state index in [1.807, 2.05) is 24.3 Å². The van der Waals surface area contributed by atoms with Crippen LogP contribution in [0.15, 0.2) is 34.9 Å². The van der Waals surface area contributed by atoms with Gasteiger partial charge in [-0.3, -0.25) is 4.79 Å². The minimum absolute atomic E-state index is 0.0772. The molecule has 5 nitrogen and oxygen atoms in total. The molecule has 2 aliphatic carbocycles. The molecule has 2 aromatic carbocycles. The first kappa shape index (κ1) is 18.9. The van der Waals surface area contributed by atoms with Crippen LogP contribution in [0.1, 0.15) is 67.8 Å². The van der Waals surface area contributed by atoms with Crippen LogP contribution in [0.4, 0.5) is 11.4 Å². The Morgan fingerprint density at radius 3 is 2.55 bits per heavy atom. The predicted molar refractivity (Wildman–Crippen MR) is 124 cm³/mol. The molecule has 0 bridgehead atoms. The Labute approximate surface area is 182 Å². The van der Waals surface area contributed by atoms with Gasteiger partial charge in [-0.05, 0) is 37.7 Å². The first-order valence-electron chi connectivity index (χ1n) is 11.8. The number of nitrogens with one attached hydrogen (secondary N) is 1. The summed E-state index contributed by atoms with van der Waals surface area (Å²) in [7, 11) is 0. The maximum atomic E-state index is 13.7. The number of rotatable bonds is 3. The lowest BCUT2D eigenvalue weighted by Gasteiger charge is -2.33. The summed E-state index contributed by atoms with van der Waals surface area (Å²) in [5.74, 6) is 1.57. The Bertz CT molecular complexity index is 1150. The second kappa shape index (κ2) is 7.40. The number of anilines is 2. The maximum absolute atomic E-state index is 13.7. The van der Waals surface area contributed by atoms with Crippen LogP contribution in [-0.2, 0) is 0 Å². The summed E-state index contributed by atoms with van der Waals surface area (Å²) in [4.78, 5) is 16.1. The van der Waals surface area contributed by atoms with E-state index in [0.717, 1.165) is 71.0 Å². The number of carbonyl (C=O) groups is 1. The summed E-state index contributed by atoms with van der Waals surface area (Å²) in [6.07, 6.45) is 8.50. The molecule has 1 N–H and O–H groups in total. The number of benzene rings is 2. The highest BCUT2D eigenvalue weighted by atomic mass is 16.5. The van der Waals surface area contributed by atoms with E-state index < -0.39 is 0 Å². The quantitative estimate of drug-likeness (QED) is 0.443. The summed E-state index contributed by atoms with van der Waals surface area (Å²) in [6.45, 7) is 4.37. The van der Waals surface area contributed by atoms with E-state index >= 15 is 0 Å². The Hall–Kier alpha value is -2.82. The highest BCUT2D eigenvalue weighted by molar-refractivity contribution is 6.28. The fourth-order valence-electron chi connectivity index (χ4n) is 5.61. The van der Waals surface area contributed by atoms with Crippen molar-refractivity contribution in [1.29, 1.82) is 0 Å². The molecular weight excluding hydrogens is 386 g/mol. The van der Waals surface area contributed by atoms with E-state index in [1.165, 1.54) is 32.1 Å². The highest BCUT2D eigenvalue weighted by Crippen LogP contribution is 2.46. The van der Waals surface area contributed by atoms with E-state index in [-0.39, 0.29) is 5.78 Å². The summed E-state index contributed by atoms with van der Waals surface area (Å²) < 4.78 is 5.91. The second-order valence-electron chi connectivity index (χ2n) is 9.58. The van der Waals surface area contributed by atoms with E-state index in [4.69, 9.17) is 4.52 Å². The number of hydrogen-bond donors (Lipinski definition) is 1. The van der Waals surface area contributed by atoms with Gasteiger partial charge in [-0.2, -0.15) is 0 Å². The van der Waals surface area contributed by atoms with Gasteiger partial charge in [0.1, 0.15) is 5.52 Å². The number of ketones is 1. The SMILES string of the molecule is CC1CCN(c2cc(NC3CCCCC3)c3c4c(onc24)-c2ccccc2C3=O)CC1. The molecule has 5 heteroatoms. The van der Waals surface area contributed by atoms with Gasteiger partial charge in [0.2, 0.25) is 0 Å². The van der Waals surface area contributed by atoms with Crippen LogP contribution < -0.4 is 10.2 Å². The molecule has 2 heterocycles. The molecule has 1 saturated carbocycles. The van der Waals surface area contributed by atoms with Crippen LogP contribution >= 0.6 is 0 Å². The van der Waals surface area contributed by atoms with Gasteiger partial charge in [-0.25, -0.2) is 0 Å². The fourth-order valence-corrected chi connectivity index (χ4v) is 5.61. The number of hydrogen-bond acceptors (Lipinski definition) is 5. The number of aromatic nitrogens is 1. The van der Waals surface area contributed by atoms with Gasteiger partial charge in [0, 0.05) is 35.9 Å². The molecule has 6 rings (SSSR count). The first-order chi connectivity index (χ1) is 15.2. The van der Waals surface area contributed by atoms with Crippen LogP contribution in [-0.4, -0.2) is 30.1 Å². The Kier molecular flexibility index (Phi) is 4.51. The van der Waals surface area contributed by atoms with Crippen molar-refractivity contribution in [2.75, 3.05) is 23.3 Å². The molecule has 0 atom stereocenters. The zero-order valence-corrected chi connectivity index (χ0v) is 18.1. The van der Waals surface area contributed by atoms with Crippen LogP contribution in [0.2, 0.25) is 0 Å². The molecule has 3 aliphatic rings. The minimum Gasteiger partial charge on any atom is -0.382 e. The first-order valence-corrected chi connectivity index (χ1v) is 11.8. The van der Waals surface area contributed by atoms with E-state index in [0.29, 0.717) is 11.6 Å². The molecule has 1 aliphatic heterocycles. The molecule has 0 unspecified atom stereocenters. The second-order valence-corrected chi connectivity index (χ2v) is 9.58. The third kappa shape index (κ3) is 3.05. The van der Waals surface area contributed by atoms with E-state index in [2.05, 4.69) is 28.4 Å². The van der Waals surface area contributed by atoms with Crippen molar-refractivity contribution in [3.8, 4) is 11.3 Å². The lowest BCUT2D eigenvalue weighted by molar-refractivity contribution is 0.104. The molecule has 2 fully saturated rings. The Balaban J connectivity index is 1.54. The van der Waals surface area contributed by atoms with Crippen LogP contribution in [0.5, 0.6) is 0 Å². The van der Waals surface area contributed by atoms with Gasteiger partial charge in [-0.15, -0.1) is 0 Å². The third-order valence-corrected chi connectivity index (χ3v) is 7.47. The van der Waals surface area contributed by atoms with Crippen molar-refractivity contribution in [2.24, 2.45) is 5.92 Å². The maximum Gasteiger partial charge on any atom is 0.196 e. The van der Waals surface area contributed by atoms with Crippen molar-refractivity contribution in [2.45, 2.75) is 57.9 Å². The van der Waals surface area contributed by atoms with Gasteiger partial charge in [-0.1, -0.05) is 55.6 Å². The van der Waals surface area contributed by atoms with Crippen molar-refractivity contribution >= 4 is 28.1 Å². The Morgan fingerprint density at radius 2 is 1.77 bits per heavy atom. The van der Waals surface area contributed by atoms with Gasteiger partial charge in [0.25, 0.3) is 0 Å². The molecule has 1 saturated heterocycles. The number of nitrogens with zero attached hydrogens (tertiary/aromatic N) is 2. The molecular formula is C26H29N3O2. The van der Waals surface area contributed by atoms with E-state index in [1.54, 1.807) is 0 Å². The lowest BCUT2D eigenvalue weighted by Crippen LogP contribution is -2.33. The molecule has 0 amide bonds. The monoisotopic (exact) mass is 415 g/mol. The fraction of sp³-hybridized carbons (Fsp3) is 0.462. The van der Waals surface area contributed by atoms with E-state index in [9.17, 15) is 4.79 Å². The Morgan fingerprint density at radius 1 is 1.03 bits per heavy atom. The number of carbonyl (C=O) groups excluding carboxylic acids is 1. The lowest BCUT2D eigenvalue weighted by atomic mass is 9.85. The third-order valence-electron chi connectivity index (χ3n) is 7.47. The summed E-state index contributed by atoms with van der Waals surface area (Å²) in [5, 5.41) is 9.17. The number of piperidine rings is 1. The van der Waals surface area contributed by atoms with Crippen molar-refractivity contribution in [3.63, 3.8) is 0 Å². The van der Waals surface area contributed by atoms with Crippen molar-refractivity contribution in [3.05, 3.63) is 41.5 Å². The molecule has 3 aromatic rings. The smallest absolute Gasteiger partial charge is 0.196 e. The van der Waals surface area contributed by atoms with Gasteiger partial charge in [0.15, 0.2) is 11.5 Å². The largest absolute Gasteiger partial charge is 0.382 e. The van der Waals surface area contributed by atoms with Crippen LogP contribution in [0.25, 0.3) is 22.2 Å². The van der Waals surface area contributed by atoms with Crippen molar-refractivity contribution < 1.29 is 9.32 Å². The molecule has 160 valence electrons. The normalized spacial score (nSPS) is 19.6. The molecule has 0 spiro atoms. The van der Waals surface area contributed by atoms with Crippen molar-refractivity contribution in [1.82, 2.24) is 5.16 Å². The molecule has 31 heavy (non-hydrogen) atoms. The van der Waals surface area contributed by atoms with Gasteiger partial charge >= 0.3 is 0 Å². The van der Waals surface area contributed by atoms with Crippen LogP contribution in [0, 0.1) is 5.92 Å². The average Bonchev–Trinajstić information content (AvgIpc) is 3.24. The number of fused-ring (bicyclic) bond motifs is 2. The van der Waals surface area contributed by atoms with Gasteiger partial charge in [0.05, 0.1) is 16.6 Å².